The average molecular weight is 398 g/mol. The van der Waals surface area contributed by atoms with Crippen molar-refractivity contribution in [2.45, 2.75) is 13.0 Å². The molecule has 0 aliphatic heterocycles. The highest BCUT2D eigenvalue weighted by Crippen LogP contribution is 2.24. The molecular formula is C15H14Br2N2O. The number of nitrogen functional groups attached to an aromatic ring is 1. The van der Waals surface area contributed by atoms with E-state index < -0.39 is 0 Å². The molecule has 2 aromatic rings. The third kappa shape index (κ3) is 3.41. The Morgan fingerprint density at radius 3 is 2.50 bits per heavy atom. The summed E-state index contributed by atoms with van der Waals surface area (Å²) in [6, 6.07) is 12.9. The van der Waals surface area contributed by atoms with E-state index in [1.54, 1.807) is 18.2 Å². The van der Waals surface area contributed by atoms with Crippen LogP contribution in [0.25, 0.3) is 0 Å². The van der Waals surface area contributed by atoms with Crippen LogP contribution in [0.5, 0.6) is 0 Å². The van der Waals surface area contributed by atoms with E-state index in [0.29, 0.717) is 11.3 Å². The van der Waals surface area contributed by atoms with E-state index in [9.17, 15) is 4.79 Å². The molecule has 104 valence electrons. The van der Waals surface area contributed by atoms with E-state index in [4.69, 9.17) is 5.73 Å². The summed E-state index contributed by atoms with van der Waals surface area (Å²) in [5.41, 5.74) is 7.92. The topological polar surface area (TPSA) is 55.1 Å². The summed E-state index contributed by atoms with van der Waals surface area (Å²) in [6.07, 6.45) is 0. The minimum Gasteiger partial charge on any atom is -0.398 e. The van der Waals surface area contributed by atoms with Crippen LogP contribution in [0, 0.1) is 0 Å². The van der Waals surface area contributed by atoms with Crippen molar-refractivity contribution in [2.24, 2.45) is 0 Å². The normalized spacial score (nSPS) is 11.9. The third-order valence-electron chi connectivity index (χ3n) is 2.98. The molecule has 1 atom stereocenters. The summed E-state index contributed by atoms with van der Waals surface area (Å²) in [5.74, 6) is -0.146. The van der Waals surface area contributed by atoms with Crippen LogP contribution in [-0.2, 0) is 0 Å². The Balaban J connectivity index is 2.15. The van der Waals surface area contributed by atoms with Gasteiger partial charge in [-0.2, -0.15) is 0 Å². The van der Waals surface area contributed by atoms with Gasteiger partial charge in [0.15, 0.2) is 0 Å². The monoisotopic (exact) mass is 396 g/mol. The summed E-state index contributed by atoms with van der Waals surface area (Å²) in [5, 5.41) is 2.96. The van der Waals surface area contributed by atoms with Crippen LogP contribution >= 0.6 is 31.9 Å². The van der Waals surface area contributed by atoms with Crippen molar-refractivity contribution < 1.29 is 4.79 Å². The first kappa shape index (κ1) is 15.1. The van der Waals surface area contributed by atoms with E-state index >= 15 is 0 Å². The first-order chi connectivity index (χ1) is 9.49. The molecule has 0 fully saturated rings. The predicted molar refractivity (Wildman–Crippen MR) is 88.6 cm³/mol. The number of amides is 1. The maximum absolute atomic E-state index is 12.2. The van der Waals surface area contributed by atoms with Crippen molar-refractivity contribution in [1.29, 1.82) is 0 Å². The molecule has 5 heteroatoms. The smallest absolute Gasteiger partial charge is 0.251 e. The fraction of sp³-hybridized carbons (Fsp3) is 0.133. The van der Waals surface area contributed by atoms with Crippen molar-refractivity contribution in [2.75, 3.05) is 5.73 Å². The van der Waals surface area contributed by atoms with Crippen molar-refractivity contribution >= 4 is 43.5 Å². The number of halogens is 2. The van der Waals surface area contributed by atoms with Crippen LogP contribution in [0.4, 0.5) is 5.69 Å². The number of hydrogen-bond acceptors (Lipinski definition) is 2. The van der Waals surface area contributed by atoms with Gasteiger partial charge < -0.3 is 11.1 Å². The van der Waals surface area contributed by atoms with Gasteiger partial charge in [0.1, 0.15) is 0 Å². The van der Waals surface area contributed by atoms with Gasteiger partial charge in [-0.15, -0.1) is 0 Å². The maximum Gasteiger partial charge on any atom is 0.251 e. The van der Waals surface area contributed by atoms with E-state index in [0.717, 1.165) is 14.5 Å². The molecule has 0 radical (unpaired) electrons. The molecule has 1 amide bonds. The minimum atomic E-state index is -0.146. The molecule has 0 saturated heterocycles. The van der Waals surface area contributed by atoms with Gasteiger partial charge in [-0.3, -0.25) is 4.79 Å². The SMILES string of the molecule is CC(NC(=O)c1ccc(Br)c(N)c1)c1ccccc1Br. The molecule has 0 saturated carbocycles. The molecule has 3 nitrogen and oxygen atoms in total. The highest BCUT2D eigenvalue weighted by Gasteiger charge is 2.14. The van der Waals surface area contributed by atoms with E-state index in [1.165, 1.54) is 0 Å². The molecule has 0 aliphatic carbocycles. The molecule has 0 aromatic heterocycles. The van der Waals surface area contributed by atoms with Crippen LogP contribution in [0.1, 0.15) is 28.9 Å². The minimum absolute atomic E-state index is 0.0945. The van der Waals surface area contributed by atoms with Gasteiger partial charge in [0.05, 0.1) is 6.04 Å². The van der Waals surface area contributed by atoms with Gasteiger partial charge >= 0.3 is 0 Å². The molecule has 1 unspecified atom stereocenters. The van der Waals surface area contributed by atoms with Crippen molar-refractivity contribution in [3.05, 3.63) is 62.5 Å². The summed E-state index contributed by atoms with van der Waals surface area (Å²) >= 11 is 6.80. The number of nitrogens with two attached hydrogens (primary N) is 1. The van der Waals surface area contributed by atoms with Crippen LogP contribution in [0.3, 0.4) is 0 Å². The maximum atomic E-state index is 12.2. The lowest BCUT2D eigenvalue weighted by atomic mass is 10.1. The van der Waals surface area contributed by atoms with Gasteiger partial charge in [0, 0.05) is 20.2 Å². The summed E-state index contributed by atoms with van der Waals surface area (Å²) in [6.45, 7) is 1.94. The Bertz CT molecular complexity index is 644. The van der Waals surface area contributed by atoms with E-state index in [1.807, 2.05) is 31.2 Å². The molecule has 0 bridgehead atoms. The number of rotatable bonds is 3. The molecule has 3 N–H and O–H groups in total. The second kappa shape index (κ2) is 6.41. The van der Waals surface area contributed by atoms with Gasteiger partial charge in [-0.25, -0.2) is 0 Å². The van der Waals surface area contributed by atoms with Crippen LogP contribution in [0.15, 0.2) is 51.4 Å². The molecule has 0 aliphatic rings. The number of benzene rings is 2. The average Bonchev–Trinajstić information content (AvgIpc) is 2.42. The van der Waals surface area contributed by atoms with Crippen LogP contribution in [0.2, 0.25) is 0 Å². The zero-order valence-corrected chi connectivity index (χ0v) is 14.0. The summed E-state index contributed by atoms with van der Waals surface area (Å²) in [4.78, 5) is 12.2. The number of carbonyl (C=O) groups is 1. The first-order valence-corrected chi connectivity index (χ1v) is 7.68. The van der Waals surface area contributed by atoms with Gasteiger partial charge in [-0.1, -0.05) is 34.1 Å². The lowest BCUT2D eigenvalue weighted by molar-refractivity contribution is 0.0940. The number of hydrogen-bond donors (Lipinski definition) is 2. The van der Waals surface area contributed by atoms with Gasteiger partial charge in [0.25, 0.3) is 5.91 Å². The second-order valence-electron chi connectivity index (χ2n) is 4.45. The Morgan fingerprint density at radius 2 is 1.85 bits per heavy atom. The van der Waals surface area contributed by atoms with E-state index in [2.05, 4.69) is 37.2 Å². The second-order valence-corrected chi connectivity index (χ2v) is 6.16. The molecular weight excluding hydrogens is 384 g/mol. The van der Waals surface area contributed by atoms with Crippen LogP contribution in [-0.4, -0.2) is 5.91 Å². The highest BCUT2D eigenvalue weighted by atomic mass is 79.9. The largest absolute Gasteiger partial charge is 0.398 e. The zero-order valence-electron chi connectivity index (χ0n) is 10.9. The highest BCUT2D eigenvalue weighted by molar-refractivity contribution is 9.10. The lowest BCUT2D eigenvalue weighted by Crippen LogP contribution is -2.26. The lowest BCUT2D eigenvalue weighted by Gasteiger charge is -2.16. The molecule has 0 spiro atoms. The van der Waals surface area contributed by atoms with Gasteiger partial charge in [0.2, 0.25) is 0 Å². The Morgan fingerprint density at radius 1 is 1.15 bits per heavy atom. The fourth-order valence-corrected chi connectivity index (χ4v) is 2.74. The summed E-state index contributed by atoms with van der Waals surface area (Å²) in [7, 11) is 0. The Kier molecular flexibility index (Phi) is 4.83. The third-order valence-corrected chi connectivity index (χ3v) is 4.42. The Hall–Kier alpha value is -1.33. The molecule has 2 aromatic carbocycles. The number of carbonyl (C=O) groups excluding carboxylic acids is 1. The quantitative estimate of drug-likeness (QED) is 0.759. The van der Waals surface area contributed by atoms with Crippen LogP contribution < -0.4 is 11.1 Å². The van der Waals surface area contributed by atoms with E-state index in [-0.39, 0.29) is 11.9 Å². The number of anilines is 1. The van der Waals surface area contributed by atoms with Gasteiger partial charge in [-0.05, 0) is 52.7 Å². The fourth-order valence-electron chi connectivity index (χ4n) is 1.87. The Labute approximate surface area is 134 Å². The van der Waals surface area contributed by atoms with Crippen molar-refractivity contribution in [3.8, 4) is 0 Å². The molecule has 20 heavy (non-hydrogen) atoms. The van der Waals surface area contributed by atoms with Crippen molar-refractivity contribution in [3.63, 3.8) is 0 Å². The number of nitrogens with one attached hydrogen (secondary N) is 1. The van der Waals surface area contributed by atoms with Crippen molar-refractivity contribution in [1.82, 2.24) is 5.32 Å². The predicted octanol–water partition coefficient (Wildman–Crippen LogP) is 4.28. The first-order valence-electron chi connectivity index (χ1n) is 6.09. The standard InChI is InChI=1S/C15H14Br2N2O/c1-9(11-4-2-3-5-12(11)16)19-15(20)10-6-7-13(17)14(18)8-10/h2-9H,18H2,1H3,(H,19,20). The zero-order chi connectivity index (χ0) is 14.7. The molecule has 2 rings (SSSR count). The summed E-state index contributed by atoms with van der Waals surface area (Å²) < 4.78 is 1.76. The molecule has 0 heterocycles.